The molecule has 35 heavy (non-hydrogen) atoms. The molecule has 0 bridgehead atoms. The molecule has 3 aromatic carbocycles. The molecule has 0 unspecified atom stereocenters. The second-order valence-electron chi connectivity index (χ2n) is 10.4. The lowest BCUT2D eigenvalue weighted by Crippen LogP contribution is -2.46. The normalized spacial score (nSPS) is 11.8. The lowest BCUT2D eigenvalue weighted by Gasteiger charge is -2.46. The van der Waals surface area contributed by atoms with Gasteiger partial charge in [-0.05, 0) is 54.2 Å². The number of halogens is 1. The molecule has 3 aromatic rings. The maximum atomic E-state index is 8.26. The van der Waals surface area contributed by atoms with E-state index in [1.807, 2.05) is 0 Å². The van der Waals surface area contributed by atoms with E-state index in [1.54, 1.807) is 0 Å². The van der Waals surface area contributed by atoms with Crippen molar-refractivity contribution >= 4 is 35.4 Å². The largest absolute Gasteiger partial charge is 0.402 e. The van der Waals surface area contributed by atoms with Gasteiger partial charge in [-0.3, -0.25) is 0 Å². The van der Waals surface area contributed by atoms with Crippen molar-refractivity contribution < 1.29 is 0 Å². The third-order valence-corrected chi connectivity index (χ3v) is 10.4. The fourth-order valence-electron chi connectivity index (χ4n) is 4.30. The number of nitrogens with zero attached hydrogens (tertiary/aromatic N) is 3. The van der Waals surface area contributed by atoms with Crippen LogP contribution in [0.5, 0.6) is 0 Å². The fraction of sp³-hybridized carbons (Fsp3) is 0.400. The van der Waals surface area contributed by atoms with Crippen LogP contribution < -0.4 is 14.0 Å². The molecule has 0 aliphatic carbocycles. The first kappa shape index (κ1) is 27.4. The Bertz CT molecular complexity index is 866. The lowest BCUT2D eigenvalue weighted by molar-refractivity contribution is 0.636. The molecule has 0 spiro atoms. The second kappa shape index (κ2) is 12.7. The molecule has 0 aliphatic heterocycles. The van der Waals surface area contributed by atoms with E-state index < -0.39 is 7.07 Å². The van der Waals surface area contributed by atoms with Crippen LogP contribution in [0.25, 0.3) is 0 Å². The molecule has 0 heterocycles. The zero-order chi connectivity index (χ0) is 25.4. The van der Waals surface area contributed by atoms with Crippen LogP contribution >= 0.6 is 18.3 Å². The predicted molar refractivity (Wildman–Crippen MR) is 159 cm³/mol. The van der Waals surface area contributed by atoms with Gasteiger partial charge < -0.3 is 0 Å². The molecule has 0 saturated carbocycles. The third-order valence-electron chi connectivity index (χ3n) is 5.70. The third kappa shape index (κ3) is 6.93. The van der Waals surface area contributed by atoms with Gasteiger partial charge in [0.25, 0.3) is 0 Å². The first-order valence-electron chi connectivity index (χ1n) is 12.8. The van der Waals surface area contributed by atoms with Gasteiger partial charge in [-0.15, -0.1) is 0 Å². The van der Waals surface area contributed by atoms with Crippen molar-refractivity contribution in [3.8, 4) is 0 Å². The fourth-order valence-corrected chi connectivity index (χ4v) is 9.31. The highest BCUT2D eigenvalue weighted by molar-refractivity contribution is 8.02. The average Bonchev–Trinajstić information content (AvgIpc) is 2.85. The van der Waals surface area contributed by atoms with E-state index in [9.17, 15) is 0 Å². The lowest BCUT2D eigenvalue weighted by atomic mass is 10.2. The summed E-state index contributed by atoms with van der Waals surface area (Å²) in [6, 6.07) is 32.2. The van der Waals surface area contributed by atoms with Crippen molar-refractivity contribution in [2.45, 2.75) is 41.5 Å². The molecule has 3 rings (SSSR count). The summed E-state index contributed by atoms with van der Waals surface area (Å²) in [5.74, 6) is 1.34. The highest BCUT2D eigenvalue weighted by atomic mass is 35.7. The summed E-state index contributed by atoms with van der Waals surface area (Å²) in [5, 5.41) is 0. The van der Waals surface area contributed by atoms with Crippen LogP contribution in [-0.4, -0.2) is 19.6 Å². The molecule has 188 valence electrons. The van der Waals surface area contributed by atoms with Crippen molar-refractivity contribution in [2.75, 3.05) is 33.6 Å². The minimum atomic E-state index is -2.65. The van der Waals surface area contributed by atoms with Gasteiger partial charge in [0.05, 0.1) is 36.7 Å². The molecule has 0 atom stereocenters. The maximum absolute atomic E-state index is 8.26. The monoisotopic (exact) mass is 510 g/mol. The molecular weight excluding hydrogens is 469 g/mol. The van der Waals surface area contributed by atoms with Crippen LogP contribution in [0.15, 0.2) is 91.0 Å². The summed E-state index contributed by atoms with van der Waals surface area (Å²) in [6.45, 7) is 16.3. The van der Waals surface area contributed by atoms with Crippen molar-refractivity contribution in [3.05, 3.63) is 91.0 Å². The number of rotatable bonds is 12. The molecule has 5 heteroatoms. The molecule has 0 amide bonds. The minimum absolute atomic E-state index is 0.446. The van der Waals surface area contributed by atoms with E-state index in [2.05, 4.69) is 147 Å². The Kier molecular flexibility index (Phi) is 9.89. The molecule has 0 saturated heterocycles. The van der Waals surface area contributed by atoms with E-state index in [4.69, 9.17) is 11.2 Å². The number of para-hydroxylation sites is 3. The van der Waals surface area contributed by atoms with Crippen LogP contribution in [0, 0.1) is 17.8 Å². The molecule has 0 aliphatic rings. The highest BCUT2D eigenvalue weighted by Gasteiger charge is 2.58. The van der Waals surface area contributed by atoms with Crippen LogP contribution in [0.1, 0.15) is 41.5 Å². The van der Waals surface area contributed by atoms with Crippen LogP contribution in [-0.2, 0) is 0 Å². The van der Waals surface area contributed by atoms with Gasteiger partial charge in [0.15, 0.2) is 11.2 Å². The zero-order valence-electron chi connectivity index (χ0n) is 22.2. The van der Waals surface area contributed by atoms with Gasteiger partial charge in [0, 0.05) is 0 Å². The predicted octanol–water partition coefficient (Wildman–Crippen LogP) is 9.39. The molecule has 0 fully saturated rings. The summed E-state index contributed by atoms with van der Waals surface area (Å²) in [5.41, 5.74) is 3.50. The SMILES string of the molecule is CC(C)CN(c1ccccc1)[P+](Cl)(N(CC(C)C)c1ccccc1)N(CC(C)C)c1ccccc1. The first-order chi connectivity index (χ1) is 16.7. The van der Waals surface area contributed by atoms with Crippen LogP contribution in [0.2, 0.25) is 0 Å². The van der Waals surface area contributed by atoms with Gasteiger partial charge in [-0.1, -0.05) is 96.1 Å². The van der Waals surface area contributed by atoms with Crippen molar-refractivity contribution in [2.24, 2.45) is 17.8 Å². The zero-order valence-corrected chi connectivity index (χ0v) is 23.8. The van der Waals surface area contributed by atoms with Crippen molar-refractivity contribution in [3.63, 3.8) is 0 Å². The maximum Gasteiger partial charge on any atom is 0.402 e. The molecule has 0 radical (unpaired) electrons. The average molecular weight is 511 g/mol. The van der Waals surface area contributed by atoms with Crippen molar-refractivity contribution in [1.29, 1.82) is 0 Å². The number of benzene rings is 3. The summed E-state index contributed by atoms with van der Waals surface area (Å²) >= 11 is 8.26. The van der Waals surface area contributed by atoms with Gasteiger partial charge in [0.2, 0.25) is 0 Å². The Morgan fingerprint density at radius 2 is 0.714 bits per heavy atom. The van der Waals surface area contributed by atoms with E-state index in [0.717, 1.165) is 19.6 Å². The summed E-state index contributed by atoms with van der Waals surface area (Å²) < 4.78 is 7.51. The topological polar surface area (TPSA) is 9.72 Å². The minimum Gasteiger partial charge on any atom is -0.194 e. The van der Waals surface area contributed by atoms with Crippen molar-refractivity contribution in [1.82, 2.24) is 0 Å². The van der Waals surface area contributed by atoms with Gasteiger partial charge in [-0.25, -0.2) is 0 Å². The Balaban J connectivity index is 2.34. The van der Waals surface area contributed by atoms with Crippen LogP contribution in [0.3, 0.4) is 0 Å². The Labute approximate surface area is 219 Å². The van der Waals surface area contributed by atoms with Crippen LogP contribution in [0.4, 0.5) is 17.1 Å². The number of anilines is 3. The smallest absolute Gasteiger partial charge is 0.194 e. The van der Waals surface area contributed by atoms with E-state index >= 15 is 0 Å². The molecule has 0 N–H and O–H groups in total. The Morgan fingerprint density at radius 1 is 0.486 bits per heavy atom. The Hall–Kier alpha value is -2.22. The highest BCUT2D eigenvalue weighted by Crippen LogP contribution is 2.74. The molecule has 3 nitrogen and oxygen atoms in total. The molecular formula is C30H42ClN3P+. The van der Waals surface area contributed by atoms with Gasteiger partial charge in [0.1, 0.15) is 0 Å². The standard InChI is InChI=1S/C30H42ClN3P/c1-25(2)22-32(28-16-10-7-11-17-28)35(31,33(23-26(3)4)29-18-12-8-13-19-29)34(24-27(5)6)30-20-14-9-15-21-30/h7-21,25-27H,22-24H2,1-6H3/q+1. The summed E-state index contributed by atoms with van der Waals surface area (Å²) in [4.78, 5) is 0. The first-order valence-corrected chi connectivity index (χ1v) is 15.4. The Morgan fingerprint density at radius 3 is 0.914 bits per heavy atom. The van der Waals surface area contributed by atoms with E-state index in [-0.39, 0.29) is 0 Å². The van der Waals surface area contributed by atoms with E-state index in [1.165, 1.54) is 17.1 Å². The molecule has 0 aromatic heterocycles. The van der Waals surface area contributed by atoms with Gasteiger partial charge in [-0.2, -0.15) is 14.0 Å². The summed E-state index contributed by atoms with van der Waals surface area (Å²) in [6.07, 6.45) is 0. The number of hydrogen-bond acceptors (Lipinski definition) is 3. The summed E-state index contributed by atoms with van der Waals surface area (Å²) in [7, 11) is -2.65. The van der Waals surface area contributed by atoms with Gasteiger partial charge >= 0.3 is 7.07 Å². The quantitative estimate of drug-likeness (QED) is 0.225. The number of hydrogen-bond donors (Lipinski definition) is 0. The second-order valence-corrected chi connectivity index (χ2v) is 14.2. The van der Waals surface area contributed by atoms with E-state index in [0.29, 0.717) is 17.8 Å².